The molecule has 19 heavy (non-hydrogen) atoms. The number of rotatable bonds is 5. The largest absolute Gasteiger partial charge is 0.395 e. The molecule has 2 unspecified atom stereocenters. The second-order valence-electron chi connectivity index (χ2n) is 4.71. The van der Waals surface area contributed by atoms with Crippen LogP contribution in [0.3, 0.4) is 0 Å². The summed E-state index contributed by atoms with van der Waals surface area (Å²) in [6.45, 7) is 7.31. The summed E-state index contributed by atoms with van der Waals surface area (Å²) >= 11 is 0. The average molecular weight is 283 g/mol. The molecule has 0 saturated heterocycles. The summed E-state index contributed by atoms with van der Waals surface area (Å²) in [5.41, 5.74) is 3.91. The minimum absolute atomic E-state index is 0.125. The first-order valence-corrected chi connectivity index (χ1v) is 7.61. The standard InChI is InChI=1S/C14H21NO3S/c1-9-7-10(2)13(11(3)8-9)15-14(17)12(4)19(18)6-5-16/h7-8,12,16H,5-6H2,1-4H3,(H,15,17). The zero-order valence-electron chi connectivity index (χ0n) is 11.8. The molecule has 1 aromatic rings. The Bertz CT molecular complexity index is 476. The number of aliphatic hydroxyl groups is 1. The van der Waals surface area contributed by atoms with Crippen molar-refractivity contribution in [1.82, 2.24) is 0 Å². The Labute approximate surface area is 116 Å². The molecular formula is C14H21NO3S. The van der Waals surface area contributed by atoms with Crippen molar-refractivity contribution in [3.05, 3.63) is 28.8 Å². The quantitative estimate of drug-likeness (QED) is 0.864. The van der Waals surface area contributed by atoms with Crippen molar-refractivity contribution in [1.29, 1.82) is 0 Å². The van der Waals surface area contributed by atoms with Gasteiger partial charge in [0.1, 0.15) is 5.25 Å². The van der Waals surface area contributed by atoms with Gasteiger partial charge in [-0.2, -0.15) is 0 Å². The van der Waals surface area contributed by atoms with Gasteiger partial charge in [0.25, 0.3) is 0 Å². The molecule has 1 rings (SSSR count). The molecule has 0 saturated carbocycles. The molecule has 0 fully saturated rings. The topological polar surface area (TPSA) is 66.4 Å². The van der Waals surface area contributed by atoms with E-state index in [2.05, 4.69) is 5.32 Å². The van der Waals surface area contributed by atoms with Gasteiger partial charge in [0.2, 0.25) is 5.91 Å². The molecule has 106 valence electrons. The van der Waals surface area contributed by atoms with E-state index in [0.717, 1.165) is 22.4 Å². The summed E-state index contributed by atoms with van der Waals surface area (Å²) in [6.07, 6.45) is 0. The Kier molecular flexibility index (Phi) is 5.69. The number of hydrogen-bond donors (Lipinski definition) is 2. The molecule has 0 aliphatic rings. The Balaban J connectivity index is 2.86. The lowest BCUT2D eigenvalue weighted by Crippen LogP contribution is -2.31. The number of aryl methyl sites for hydroxylation is 3. The Morgan fingerprint density at radius 2 is 1.84 bits per heavy atom. The van der Waals surface area contributed by atoms with Gasteiger partial charge in [0.05, 0.1) is 6.61 Å². The SMILES string of the molecule is Cc1cc(C)c(NC(=O)C(C)S(=O)CCO)c(C)c1. The Morgan fingerprint density at radius 3 is 2.32 bits per heavy atom. The van der Waals surface area contributed by atoms with Crippen molar-refractivity contribution in [3.63, 3.8) is 0 Å². The molecule has 1 amide bonds. The van der Waals surface area contributed by atoms with Crippen LogP contribution in [0.4, 0.5) is 5.69 Å². The van der Waals surface area contributed by atoms with Crippen molar-refractivity contribution in [2.45, 2.75) is 32.9 Å². The summed E-state index contributed by atoms with van der Waals surface area (Å²) in [7, 11) is -1.35. The lowest BCUT2D eigenvalue weighted by Gasteiger charge is -2.16. The predicted molar refractivity (Wildman–Crippen MR) is 78.8 cm³/mol. The highest BCUT2D eigenvalue weighted by Crippen LogP contribution is 2.22. The van der Waals surface area contributed by atoms with E-state index in [1.807, 2.05) is 32.9 Å². The van der Waals surface area contributed by atoms with Crippen molar-refractivity contribution in [2.75, 3.05) is 17.7 Å². The number of benzene rings is 1. The second kappa shape index (κ2) is 6.82. The van der Waals surface area contributed by atoms with Crippen molar-refractivity contribution >= 4 is 22.4 Å². The van der Waals surface area contributed by atoms with E-state index in [4.69, 9.17) is 5.11 Å². The third kappa shape index (κ3) is 4.14. The van der Waals surface area contributed by atoms with Crippen LogP contribution < -0.4 is 5.32 Å². The van der Waals surface area contributed by atoms with E-state index in [1.165, 1.54) is 0 Å². The van der Waals surface area contributed by atoms with Crippen molar-refractivity contribution < 1.29 is 14.1 Å². The van der Waals surface area contributed by atoms with Crippen LogP contribution in [-0.4, -0.2) is 32.8 Å². The minimum atomic E-state index is -1.35. The minimum Gasteiger partial charge on any atom is -0.395 e. The van der Waals surface area contributed by atoms with Gasteiger partial charge in [-0.15, -0.1) is 0 Å². The van der Waals surface area contributed by atoms with Crippen LogP contribution in [0.2, 0.25) is 0 Å². The molecular weight excluding hydrogens is 262 g/mol. The van der Waals surface area contributed by atoms with E-state index < -0.39 is 16.0 Å². The van der Waals surface area contributed by atoms with Gasteiger partial charge >= 0.3 is 0 Å². The highest BCUT2D eigenvalue weighted by Gasteiger charge is 2.20. The fraction of sp³-hybridized carbons (Fsp3) is 0.500. The fourth-order valence-electron chi connectivity index (χ4n) is 1.99. The number of hydrogen-bond acceptors (Lipinski definition) is 3. The Hall–Kier alpha value is -1.20. The first-order chi connectivity index (χ1) is 8.86. The molecule has 2 atom stereocenters. The maximum absolute atomic E-state index is 12.0. The summed E-state index contributed by atoms with van der Waals surface area (Å²) in [5.74, 6) is -0.151. The first-order valence-electron chi connectivity index (χ1n) is 6.23. The number of amides is 1. The van der Waals surface area contributed by atoms with Crippen LogP contribution in [0.15, 0.2) is 12.1 Å². The second-order valence-corrected chi connectivity index (χ2v) is 6.59. The van der Waals surface area contributed by atoms with Gasteiger partial charge in [0.15, 0.2) is 0 Å². The van der Waals surface area contributed by atoms with Crippen LogP contribution in [0.5, 0.6) is 0 Å². The molecule has 0 aliphatic heterocycles. The van der Waals surface area contributed by atoms with E-state index in [0.29, 0.717) is 0 Å². The smallest absolute Gasteiger partial charge is 0.239 e. The van der Waals surface area contributed by atoms with Gasteiger partial charge in [-0.3, -0.25) is 9.00 Å². The van der Waals surface area contributed by atoms with E-state index in [1.54, 1.807) is 6.92 Å². The molecule has 0 heterocycles. The molecule has 2 N–H and O–H groups in total. The van der Waals surface area contributed by atoms with E-state index in [9.17, 15) is 9.00 Å². The average Bonchev–Trinajstić information content (AvgIpc) is 2.32. The highest BCUT2D eigenvalue weighted by atomic mass is 32.2. The molecule has 1 aromatic carbocycles. The molecule has 0 aliphatic carbocycles. The normalized spacial score (nSPS) is 13.9. The van der Waals surface area contributed by atoms with E-state index >= 15 is 0 Å². The summed E-state index contributed by atoms with van der Waals surface area (Å²) < 4.78 is 11.7. The van der Waals surface area contributed by atoms with Gasteiger partial charge in [-0.25, -0.2) is 0 Å². The van der Waals surface area contributed by atoms with Crippen LogP contribution in [-0.2, 0) is 15.6 Å². The van der Waals surface area contributed by atoms with Crippen LogP contribution in [0.1, 0.15) is 23.6 Å². The van der Waals surface area contributed by atoms with Crippen molar-refractivity contribution in [3.8, 4) is 0 Å². The molecule has 0 bridgehead atoms. The maximum atomic E-state index is 12.0. The fourth-order valence-corrected chi connectivity index (χ4v) is 2.82. The molecule has 0 spiro atoms. The van der Waals surface area contributed by atoms with Crippen LogP contribution >= 0.6 is 0 Å². The van der Waals surface area contributed by atoms with Gasteiger partial charge in [-0.05, 0) is 38.8 Å². The lowest BCUT2D eigenvalue weighted by atomic mass is 10.1. The lowest BCUT2D eigenvalue weighted by molar-refractivity contribution is -0.115. The summed E-state index contributed by atoms with van der Waals surface area (Å²) in [6, 6.07) is 4.00. The third-order valence-corrected chi connectivity index (χ3v) is 4.57. The number of carbonyl (C=O) groups excluding carboxylic acids is 1. The van der Waals surface area contributed by atoms with Crippen LogP contribution in [0, 0.1) is 20.8 Å². The van der Waals surface area contributed by atoms with Crippen molar-refractivity contribution in [2.24, 2.45) is 0 Å². The number of aliphatic hydroxyl groups excluding tert-OH is 1. The van der Waals surface area contributed by atoms with Gasteiger partial charge in [0, 0.05) is 22.2 Å². The summed E-state index contributed by atoms with van der Waals surface area (Å²) in [5, 5.41) is 11.0. The molecule has 0 aromatic heterocycles. The zero-order valence-corrected chi connectivity index (χ0v) is 12.6. The molecule has 0 radical (unpaired) electrons. The first kappa shape index (κ1) is 15.9. The highest BCUT2D eigenvalue weighted by molar-refractivity contribution is 7.86. The molecule has 4 nitrogen and oxygen atoms in total. The monoisotopic (exact) mass is 283 g/mol. The van der Waals surface area contributed by atoms with E-state index in [-0.39, 0.29) is 18.3 Å². The Morgan fingerprint density at radius 1 is 1.32 bits per heavy atom. The predicted octanol–water partition coefficient (Wildman–Crippen LogP) is 1.68. The summed E-state index contributed by atoms with van der Waals surface area (Å²) in [4.78, 5) is 12.0. The van der Waals surface area contributed by atoms with Gasteiger partial charge < -0.3 is 10.4 Å². The zero-order chi connectivity index (χ0) is 14.6. The number of carbonyl (C=O) groups is 1. The van der Waals surface area contributed by atoms with Gasteiger partial charge in [-0.1, -0.05) is 17.7 Å². The van der Waals surface area contributed by atoms with Crippen LogP contribution in [0.25, 0.3) is 0 Å². The number of anilines is 1. The molecule has 5 heteroatoms. The number of nitrogens with one attached hydrogen (secondary N) is 1. The third-order valence-electron chi connectivity index (χ3n) is 2.98. The maximum Gasteiger partial charge on any atom is 0.239 e.